The molecule has 0 saturated carbocycles. The van der Waals surface area contributed by atoms with Gasteiger partial charge in [0.15, 0.2) is 0 Å². The summed E-state index contributed by atoms with van der Waals surface area (Å²) in [6.45, 7) is 1.83. The van der Waals surface area contributed by atoms with Crippen LogP contribution >= 0.6 is 11.8 Å². The highest BCUT2D eigenvalue weighted by molar-refractivity contribution is 7.99. The van der Waals surface area contributed by atoms with Gasteiger partial charge in [0.05, 0.1) is 11.1 Å². The predicted octanol–water partition coefficient (Wildman–Crippen LogP) is 7.69. The van der Waals surface area contributed by atoms with Crippen LogP contribution in [0.4, 0.5) is 26.3 Å². The summed E-state index contributed by atoms with van der Waals surface area (Å²) in [5.41, 5.74) is -3.76. The predicted molar refractivity (Wildman–Crippen MR) is 91.0 cm³/mol. The van der Waals surface area contributed by atoms with Crippen LogP contribution in [0.25, 0.3) is 6.08 Å². The van der Waals surface area contributed by atoms with Crippen molar-refractivity contribution in [1.82, 2.24) is 0 Å². The number of rotatable bonds is 5. The van der Waals surface area contributed by atoms with E-state index >= 15 is 0 Å². The van der Waals surface area contributed by atoms with E-state index in [1.54, 1.807) is 30.3 Å². The first-order chi connectivity index (χ1) is 12.1. The van der Waals surface area contributed by atoms with Gasteiger partial charge in [-0.25, -0.2) is 0 Å². The molecule has 0 atom stereocenters. The van der Waals surface area contributed by atoms with E-state index < -0.39 is 33.9 Å². The Morgan fingerprint density at radius 1 is 0.846 bits per heavy atom. The molecule has 0 spiro atoms. The van der Waals surface area contributed by atoms with Gasteiger partial charge in [-0.1, -0.05) is 61.5 Å². The molecule has 26 heavy (non-hydrogen) atoms. The number of unbranched alkanes of at least 4 members (excludes halogenated alkanes) is 1. The maximum atomic E-state index is 13.6. The van der Waals surface area contributed by atoms with E-state index in [1.807, 2.05) is 6.92 Å². The van der Waals surface area contributed by atoms with Gasteiger partial charge < -0.3 is 0 Å². The Morgan fingerprint density at radius 3 is 2.00 bits per heavy atom. The van der Waals surface area contributed by atoms with Gasteiger partial charge in [-0.3, -0.25) is 0 Å². The summed E-state index contributed by atoms with van der Waals surface area (Å²) in [6.07, 6.45) is -6.51. The van der Waals surface area contributed by atoms with Crippen LogP contribution in [0.1, 0.15) is 36.5 Å². The molecule has 2 aromatic carbocycles. The largest absolute Gasteiger partial charge is 0.418 e. The number of hydrogen-bond acceptors (Lipinski definition) is 1. The van der Waals surface area contributed by atoms with Crippen molar-refractivity contribution in [2.75, 3.05) is 0 Å². The number of halogens is 6. The van der Waals surface area contributed by atoms with Crippen LogP contribution < -0.4 is 0 Å². The van der Waals surface area contributed by atoms with Crippen LogP contribution in [0.5, 0.6) is 0 Å². The third kappa shape index (κ3) is 5.06. The van der Waals surface area contributed by atoms with E-state index in [0.717, 1.165) is 18.2 Å². The normalized spacial score (nSPS) is 12.7. The Bertz CT molecular complexity index is 760. The van der Waals surface area contributed by atoms with E-state index in [1.165, 1.54) is 6.08 Å². The van der Waals surface area contributed by atoms with Gasteiger partial charge in [0.2, 0.25) is 0 Å². The number of benzene rings is 2. The third-order valence-corrected chi connectivity index (χ3v) is 4.56. The molecule has 0 saturated heterocycles. The molecule has 7 heteroatoms. The smallest absolute Gasteiger partial charge is 0.166 e. The van der Waals surface area contributed by atoms with Gasteiger partial charge in [-0.2, -0.15) is 26.3 Å². The third-order valence-electron chi connectivity index (χ3n) is 3.49. The second kappa shape index (κ2) is 8.20. The SMILES string of the molecule is CCC/C=C/c1ccc(Sc2ccccc2)c(C(F)(F)F)c1C(F)(F)F. The number of allylic oxidation sites excluding steroid dienone is 1. The Hall–Kier alpha value is -1.89. The minimum Gasteiger partial charge on any atom is -0.166 e. The lowest BCUT2D eigenvalue weighted by atomic mass is 9.99. The molecule has 2 rings (SSSR count). The highest BCUT2D eigenvalue weighted by atomic mass is 32.2. The molecule has 0 radical (unpaired) electrons. The second-order valence-electron chi connectivity index (χ2n) is 5.50. The Kier molecular flexibility index (Phi) is 6.44. The molecular weight excluding hydrogens is 374 g/mol. The fraction of sp³-hybridized carbons (Fsp3) is 0.263. The molecule has 0 fully saturated rings. The highest BCUT2D eigenvalue weighted by Gasteiger charge is 2.46. The molecule has 2 aromatic rings. The molecule has 0 nitrogen and oxygen atoms in total. The molecule has 0 aliphatic heterocycles. The molecule has 0 amide bonds. The van der Waals surface area contributed by atoms with Crippen molar-refractivity contribution in [3.05, 3.63) is 65.2 Å². The molecule has 0 heterocycles. The fourth-order valence-electron chi connectivity index (χ4n) is 2.40. The van der Waals surface area contributed by atoms with Gasteiger partial charge in [0, 0.05) is 9.79 Å². The van der Waals surface area contributed by atoms with Gasteiger partial charge in [0.1, 0.15) is 0 Å². The van der Waals surface area contributed by atoms with Crippen LogP contribution in [-0.2, 0) is 12.4 Å². The van der Waals surface area contributed by atoms with E-state index in [9.17, 15) is 26.3 Å². The highest BCUT2D eigenvalue weighted by Crippen LogP contribution is 2.47. The van der Waals surface area contributed by atoms with E-state index in [4.69, 9.17) is 0 Å². The van der Waals surface area contributed by atoms with Crippen molar-refractivity contribution >= 4 is 17.8 Å². The van der Waals surface area contributed by atoms with Crippen molar-refractivity contribution in [2.24, 2.45) is 0 Å². The van der Waals surface area contributed by atoms with Gasteiger partial charge in [-0.15, -0.1) is 0 Å². The summed E-state index contributed by atoms with van der Waals surface area (Å²) < 4.78 is 81.3. The topological polar surface area (TPSA) is 0 Å². The lowest BCUT2D eigenvalue weighted by molar-refractivity contribution is -0.163. The van der Waals surface area contributed by atoms with Crippen LogP contribution in [0.2, 0.25) is 0 Å². The molecule has 0 N–H and O–H groups in total. The number of hydrogen-bond donors (Lipinski definition) is 0. The van der Waals surface area contributed by atoms with Crippen molar-refractivity contribution < 1.29 is 26.3 Å². The van der Waals surface area contributed by atoms with Crippen molar-refractivity contribution in [2.45, 2.75) is 41.9 Å². The zero-order valence-corrected chi connectivity index (χ0v) is 14.6. The molecule has 0 unspecified atom stereocenters. The van der Waals surface area contributed by atoms with Crippen LogP contribution in [0.15, 0.2) is 58.3 Å². The van der Waals surface area contributed by atoms with Crippen molar-refractivity contribution in [3.8, 4) is 0 Å². The zero-order valence-electron chi connectivity index (χ0n) is 13.8. The van der Waals surface area contributed by atoms with Crippen LogP contribution in [-0.4, -0.2) is 0 Å². The first-order valence-corrected chi connectivity index (χ1v) is 8.67. The summed E-state index contributed by atoms with van der Waals surface area (Å²) in [5, 5.41) is 0. The quantitative estimate of drug-likeness (QED) is 0.472. The summed E-state index contributed by atoms with van der Waals surface area (Å²) >= 11 is 0.664. The second-order valence-corrected chi connectivity index (χ2v) is 6.62. The summed E-state index contributed by atoms with van der Waals surface area (Å²) in [4.78, 5) is -0.0379. The van der Waals surface area contributed by atoms with E-state index in [0.29, 0.717) is 29.5 Å². The Labute approximate surface area is 151 Å². The standard InChI is InChI=1S/C19H16F6S/c1-2-3-5-8-13-11-12-15(26-14-9-6-4-7-10-14)17(19(23,24)25)16(13)18(20,21)22/h4-12H,2-3H2,1H3/b8-5+. The van der Waals surface area contributed by atoms with Crippen molar-refractivity contribution in [1.29, 1.82) is 0 Å². The minimum absolute atomic E-state index is 0.431. The maximum absolute atomic E-state index is 13.6. The van der Waals surface area contributed by atoms with E-state index in [2.05, 4.69) is 0 Å². The summed E-state index contributed by atoms with van der Waals surface area (Å²) in [7, 11) is 0. The maximum Gasteiger partial charge on any atom is 0.418 e. The number of alkyl halides is 6. The van der Waals surface area contributed by atoms with E-state index in [-0.39, 0.29) is 0 Å². The molecule has 0 aromatic heterocycles. The molecule has 140 valence electrons. The minimum atomic E-state index is -5.13. The summed E-state index contributed by atoms with van der Waals surface area (Å²) in [6, 6.07) is 10.2. The lowest BCUT2D eigenvalue weighted by Crippen LogP contribution is -2.19. The van der Waals surface area contributed by atoms with Crippen molar-refractivity contribution in [3.63, 3.8) is 0 Å². The lowest BCUT2D eigenvalue weighted by Gasteiger charge is -2.21. The van der Waals surface area contributed by atoms with Gasteiger partial charge in [-0.05, 0) is 30.2 Å². The van der Waals surface area contributed by atoms with Gasteiger partial charge in [0.25, 0.3) is 0 Å². The molecule has 0 aliphatic rings. The Balaban J connectivity index is 2.66. The van der Waals surface area contributed by atoms with Crippen LogP contribution in [0.3, 0.4) is 0 Å². The van der Waals surface area contributed by atoms with Crippen LogP contribution in [0, 0.1) is 0 Å². The molecular formula is C19H16F6S. The average molecular weight is 390 g/mol. The van der Waals surface area contributed by atoms with Gasteiger partial charge >= 0.3 is 12.4 Å². The zero-order chi connectivity index (χ0) is 19.4. The first-order valence-electron chi connectivity index (χ1n) is 7.85. The molecule has 0 aliphatic carbocycles. The first kappa shape index (κ1) is 20.4. The monoisotopic (exact) mass is 390 g/mol. The molecule has 0 bridgehead atoms. The summed E-state index contributed by atoms with van der Waals surface area (Å²) in [5.74, 6) is 0. The Morgan fingerprint density at radius 2 is 1.46 bits per heavy atom. The fourth-order valence-corrected chi connectivity index (χ4v) is 3.41. The average Bonchev–Trinajstić information content (AvgIpc) is 2.55.